The zero-order chi connectivity index (χ0) is 20.3. The smallest absolute Gasteiger partial charge is 0.237 e. The van der Waals surface area contributed by atoms with Gasteiger partial charge in [0, 0.05) is 23.7 Å². The van der Waals surface area contributed by atoms with Gasteiger partial charge in [-0.05, 0) is 51.3 Å². The Morgan fingerprint density at radius 3 is 2.96 bits per heavy atom. The Balaban J connectivity index is 1.84. The lowest BCUT2D eigenvalue weighted by atomic mass is 9.79. The molecule has 2 atom stereocenters. The quantitative estimate of drug-likeness (QED) is 0.803. The molecule has 1 aromatic heterocycles. The summed E-state index contributed by atoms with van der Waals surface area (Å²) in [6, 6.07) is 8.34. The van der Waals surface area contributed by atoms with E-state index in [2.05, 4.69) is 21.4 Å². The highest BCUT2D eigenvalue weighted by Gasteiger charge is 2.36. The van der Waals surface area contributed by atoms with Gasteiger partial charge in [-0.15, -0.1) is 0 Å². The van der Waals surface area contributed by atoms with E-state index in [4.69, 9.17) is 0 Å². The normalized spacial score (nSPS) is 18.1. The molecule has 1 fully saturated rings. The average Bonchev–Trinajstić information content (AvgIpc) is 3.29. The second-order valence-electron chi connectivity index (χ2n) is 7.85. The number of hydrogen-bond donors (Lipinski definition) is 2. The van der Waals surface area contributed by atoms with Crippen molar-refractivity contribution in [1.29, 1.82) is 5.26 Å². The minimum atomic E-state index is -0.578. The van der Waals surface area contributed by atoms with Crippen LogP contribution in [0.5, 0.6) is 0 Å². The second-order valence-corrected chi connectivity index (χ2v) is 7.85. The summed E-state index contributed by atoms with van der Waals surface area (Å²) in [5.74, 6) is -0.655. The van der Waals surface area contributed by atoms with Gasteiger partial charge in [-0.1, -0.05) is 12.1 Å². The summed E-state index contributed by atoms with van der Waals surface area (Å²) in [6.07, 6.45) is 3.20. The van der Waals surface area contributed by atoms with Crippen LogP contribution in [-0.2, 0) is 4.79 Å². The number of benzene rings is 1. The Morgan fingerprint density at radius 2 is 2.32 bits per heavy atom. The summed E-state index contributed by atoms with van der Waals surface area (Å²) < 4.78 is 13.9. The first-order valence-electron chi connectivity index (χ1n) is 9.53. The molecular formula is C21H26FN5O. The van der Waals surface area contributed by atoms with Gasteiger partial charge in [0.15, 0.2) is 0 Å². The van der Waals surface area contributed by atoms with Gasteiger partial charge in [0.25, 0.3) is 0 Å². The molecule has 0 spiro atoms. The number of carbonyl (C=O) groups is 1. The largest absolute Gasteiger partial charge is 0.348 e. The standard InChI is InChI=1S/C21H26FN5O/c1-14-20(25-13-24-14)19(15-6-4-7-16(22)10-15)21(2,3)26-12-18(28)27-9-5-8-17(27)11-23/h4,6-7,10,13,17,19,26H,5,8-9,12H2,1-3H3,(H,24,25)/t17-,19?/m0/s1. The highest BCUT2D eigenvalue weighted by Crippen LogP contribution is 2.35. The zero-order valence-electron chi connectivity index (χ0n) is 16.5. The maximum absolute atomic E-state index is 13.9. The number of nitriles is 1. The molecular weight excluding hydrogens is 357 g/mol. The number of aromatic nitrogens is 2. The van der Waals surface area contributed by atoms with Crippen LogP contribution in [0, 0.1) is 24.1 Å². The lowest BCUT2D eigenvalue weighted by Gasteiger charge is -2.36. The van der Waals surface area contributed by atoms with Crippen LogP contribution >= 0.6 is 0 Å². The first-order chi connectivity index (χ1) is 13.3. The van der Waals surface area contributed by atoms with Gasteiger partial charge >= 0.3 is 0 Å². The summed E-state index contributed by atoms with van der Waals surface area (Å²) in [5, 5.41) is 12.6. The van der Waals surface area contributed by atoms with E-state index in [0.29, 0.717) is 6.54 Å². The fraction of sp³-hybridized carbons (Fsp3) is 0.476. The lowest BCUT2D eigenvalue weighted by molar-refractivity contribution is -0.130. The number of carbonyl (C=O) groups excluding carboxylic acids is 1. The molecule has 1 aromatic carbocycles. The highest BCUT2D eigenvalue weighted by atomic mass is 19.1. The van der Waals surface area contributed by atoms with Crippen LogP contribution in [-0.4, -0.2) is 45.4 Å². The first kappa shape index (κ1) is 20.0. The molecule has 2 aromatic rings. The number of amides is 1. The van der Waals surface area contributed by atoms with E-state index in [1.807, 2.05) is 26.8 Å². The number of H-pyrrole nitrogens is 1. The molecule has 7 heteroatoms. The van der Waals surface area contributed by atoms with Crippen LogP contribution in [0.3, 0.4) is 0 Å². The molecule has 1 unspecified atom stereocenters. The summed E-state index contributed by atoms with van der Waals surface area (Å²) in [5.41, 5.74) is 1.92. The summed E-state index contributed by atoms with van der Waals surface area (Å²) in [7, 11) is 0. The Hall–Kier alpha value is -2.72. The van der Waals surface area contributed by atoms with Crippen molar-refractivity contribution in [3.05, 3.63) is 53.4 Å². The predicted molar refractivity (Wildman–Crippen MR) is 104 cm³/mol. The number of imidazole rings is 1. The molecule has 1 saturated heterocycles. The molecule has 0 bridgehead atoms. The van der Waals surface area contributed by atoms with Crippen LogP contribution in [0.2, 0.25) is 0 Å². The number of nitrogens with zero attached hydrogens (tertiary/aromatic N) is 3. The van der Waals surface area contributed by atoms with E-state index in [-0.39, 0.29) is 30.2 Å². The molecule has 1 amide bonds. The van der Waals surface area contributed by atoms with Gasteiger partial charge in [0.1, 0.15) is 11.9 Å². The van der Waals surface area contributed by atoms with Crippen LogP contribution in [0.1, 0.15) is 49.6 Å². The van der Waals surface area contributed by atoms with E-state index < -0.39 is 5.54 Å². The number of likely N-dealkylation sites (tertiary alicyclic amines) is 1. The maximum atomic E-state index is 13.9. The number of hydrogen-bond acceptors (Lipinski definition) is 4. The monoisotopic (exact) mass is 383 g/mol. The molecule has 28 heavy (non-hydrogen) atoms. The number of rotatable bonds is 6. The number of nitrogens with one attached hydrogen (secondary N) is 2. The van der Waals surface area contributed by atoms with Gasteiger partial charge < -0.3 is 15.2 Å². The summed E-state index contributed by atoms with van der Waals surface area (Å²) in [6.45, 7) is 6.62. The Bertz CT molecular complexity index is 885. The third-order valence-corrected chi connectivity index (χ3v) is 5.46. The van der Waals surface area contributed by atoms with E-state index in [0.717, 1.165) is 29.8 Å². The maximum Gasteiger partial charge on any atom is 0.237 e. The Morgan fingerprint density at radius 1 is 1.54 bits per heavy atom. The van der Waals surface area contributed by atoms with Crippen molar-refractivity contribution in [2.45, 2.75) is 51.1 Å². The van der Waals surface area contributed by atoms with Crippen molar-refractivity contribution in [1.82, 2.24) is 20.2 Å². The molecule has 0 saturated carbocycles. The van der Waals surface area contributed by atoms with Gasteiger partial charge in [-0.2, -0.15) is 5.26 Å². The highest BCUT2D eigenvalue weighted by molar-refractivity contribution is 5.79. The third kappa shape index (κ3) is 4.07. The van der Waals surface area contributed by atoms with Gasteiger partial charge in [0.05, 0.1) is 24.6 Å². The van der Waals surface area contributed by atoms with Crippen LogP contribution in [0.25, 0.3) is 0 Å². The lowest BCUT2D eigenvalue weighted by Crippen LogP contribution is -2.50. The molecule has 0 aliphatic carbocycles. The SMILES string of the molecule is Cc1[nH]cnc1C(c1cccc(F)c1)C(C)(C)NCC(=O)N1CCC[C@H]1C#N. The minimum absolute atomic E-state index is 0.0890. The van der Waals surface area contributed by atoms with Crippen molar-refractivity contribution in [3.8, 4) is 6.07 Å². The van der Waals surface area contributed by atoms with E-state index in [1.165, 1.54) is 12.1 Å². The molecule has 2 heterocycles. The minimum Gasteiger partial charge on any atom is -0.348 e. The van der Waals surface area contributed by atoms with Gasteiger partial charge in [-0.25, -0.2) is 9.37 Å². The zero-order valence-corrected chi connectivity index (χ0v) is 16.5. The predicted octanol–water partition coefficient (Wildman–Crippen LogP) is 2.87. The van der Waals surface area contributed by atoms with Crippen molar-refractivity contribution >= 4 is 5.91 Å². The van der Waals surface area contributed by atoms with Crippen LogP contribution < -0.4 is 5.32 Å². The van der Waals surface area contributed by atoms with Gasteiger partial charge in [0.2, 0.25) is 5.91 Å². The van der Waals surface area contributed by atoms with E-state index in [1.54, 1.807) is 17.3 Å². The molecule has 1 aliphatic rings. The van der Waals surface area contributed by atoms with Crippen molar-refractivity contribution < 1.29 is 9.18 Å². The summed E-state index contributed by atoms with van der Waals surface area (Å²) in [4.78, 5) is 21.8. The van der Waals surface area contributed by atoms with Crippen molar-refractivity contribution in [2.75, 3.05) is 13.1 Å². The molecule has 3 rings (SSSR count). The van der Waals surface area contributed by atoms with Gasteiger partial charge in [-0.3, -0.25) is 4.79 Å². The molecule has 1 aliphatic heterocycles. The topological polar surface area (TPSA) is 84.8 Å². The number of aryl methyl sites for hydroxylation is 1. The Kier molecular flexibility index (Phi) is 5.80. The summed E-state index contributed by atoms with van der Waals surface area (Å²) >= 11 is 0. The molecule has 6 nitrogen and oxygen atoms in total. The van der Waals surface area contributed by atoms with E-state index >= 15 is 0 Å². The first-order valence-corrected chi connectivity index (χ1v) is 9.53. The average molecular weight is 383 g/mol. The van der Waals surface area contributed by atoms with Crippen LogP contribution in [0.15, 0.2) is 30.6 Å². The fourth-order valence-corrected chi connectivity index (χ4v) is 3.97. The van der Waals surface area contributed by atoms with Crippen LogP contribution in [0.4, 0.5) is 4.39 Å². The third-order valence-electron chi connectivity index (χ3n) is 5.46. The molecule has 2 N–H and O–H groups in total. The molecule has 0 radical (unpaired) electrons. The second kappa shape index (κ2) is 8.11. The number of aromatic amines is 1. The fourth-order valence-electron chi connectivity index (χ4n) is 3.97. The Labute approximate surface area is 164 Å². The van der Waals surface area contributed by atoms with Crippen molar-refractivity contribution in [2.24, 2.45) is 0 Å². The van der Waals surface area contributed by atoms with E-state index in [9.17, 15) is 14.4 Å². The number of halogens is 1. The van der Waals surface area contributed by atoms with Crippen molar-refractivity contribution in [3.63, 3.8) is 0 Å². The molecule has 148 valence electrons.